The van der Waals surface area contributed by atoms with Gasteiger partial charge >= 0.3 is 12.2 Å². The van der Waals surface area contributed by atoms with Crippen LogP contribution in [-0.2, 0) is 5.41 Å². The van der Waals surface area contributed by atoms with Gasteiger partial charge in [0.05, 0.1) is 29.0 Å². The lowest BCUT2D eigenvalue weighted by molar-refractivity contribution is -0.181. The number of urea groups is 1. The van der Waals surface area contributed by atoms with E-state index in [1.807, 2.05) is 0 Å². The molecule has 3 aromatic heterocycles. The first-order chi connectivity index (χ1) is 13.5. The maximum absolute atomic E-state index is 14.0. The molecule has 0 radical (unpaired) electrons. The Morgan fingerprint density at radius 2 is 2.10 bits per heavy atom. The number of aryl methyl sites for hydroxylation is 1. The van der Waals surface area contributed by atoms with Crippen LogP contribution in [0.15, 0.2) is 18.3 Å². The van der Waals surface area contributed by atoms with E-state index in [9.17, 15) is 22.4 Å². The minimum atomic E-state index is -4.63. The third-order valence-corrected chi connectivity index (χ3v) is 5.63. The van der Waals surface area contributed by atoms with Crippen LogP contribution < -0.4 is 10.2 Å². The Balaban J connectivity index is 1.77. The SMILES string of the molecule is Cc1cc2ncc3c(n2n1)[C@](C)(C(F)(F)F)CN3C(=O)Nc1cc(C(C)F)ns1. The van der Waals surface area contributed by atoms with Gasteiger partial charge in [0.2, 0.25) is 0 Å². The van der Waals surface area contributed by atoms with Crippen molar-refractivity contribution in [2.24, 2.45) is 0 Å². The van der Waals surface area contributed by atoms with Crippen molar-refractivity contribution >= 4 is 33.9 Å². The Morgan fingerprint density at radius 1 is 1.38 bits per heavy atom. The van der Waals surface area contributed by atoms with Gasteiger partial charge in [-0.05, 0) is 38.4 Å². The first-order valence-corrected chi connectivity index (χ1v) is 9.40. The molecule has 3 aromatic rings. The summed E-state index contributed by atoms with van der Waals surface area (Å²) in [6.45, 7) is 3.35. The molecule has 0 bridgehead atoms. The van der Waals surface area contributed by atoms with Crippen molar-refractivity contribution in [1.82, 2.24) is 19.0 Å². The van der Waals surface area contributed by atoms with Crippen molar-refractivity contribution in [3.63, 3.8) is 0 Å². The average Bonchev–Trinajstić information content (AvgIpc) is 3.29. The number of halogens is 4. The van der Waals surface area contributed by atoms with Crippen LogP contribution in [0.25, 0.3) is 5.65 Å². The summed E-state index contributed by atoms with van der Waals surface area (Å²) < 4.78 is 60.5. The number of nitrogens with one attached hydrogen (secondary N) is 1. The van der Waals surface area contributed by atoms with E-state index in [1.165, 1.54) is 19.2 Å². The fourth-order valence-electron chi connectivity index (χ4n) is 3.34. The van der Waals surface area contributed by atoms with E-state index in [4.69, 9.17) is 0 Å². The Labute approximate surface area is 166 Å². The standard InChI is InChI=1S/C17H16F4N6OS/c1-8-4-12-22-6-11-14(27(12)24-8)16(3,17(19,20)21)7-26(11)15(28)23-13-5-10(9(2)18)25-29-13/h4-6,9H,7H2,1-3H3,(H,23,28)/t9?,16-/m1/s1. The molecule has 0 spiro atoms. The molecule has 4 heterocycles. The van der Waals surface area contributed by atoms with Gasteiger partial charge in [-0.15, -0.1) is 0 Å². The first kappa shape index (κ1) is 19.6. The van der Waals surface area contributed by atoms with Gasteiger partial charge in [-0.1, -0.05) is 0 Å². The summed E-state index contributed by atoms with van der Waals surface area (Å²) in [5.74, 6) is 0. The largest absolute Gasteiger partial charge is 0.401 e. The third kappa shape index (κ3) is 3.02. The van der Waals surface area contributed by atoms with Crippen molar-refractivity contribution in [2.45, 2.75) is 38.5 Å². The lowest BCUT2D eigenvalue weighted by atomic mass is 9.88. The molecule has 1 aliphatic rings. The number of nitrogens with zero attached hydrogens (tertiary/aromatic N) is 5. The summed E-state index contributed by atoms with van der Waals surface area (Å²) in [5, 5.41) is 6.87. The van der Waals surface area contributed by atoms with Crippen molar-refractivity contribution in [3.05, 3.63) is 35.4 Å². The Morgan fingerprint density at radius 3 is 2.72 bits per heavy atom. The van der Waals surface area contributed by atoms with Crippen LogP contribution in [0.2, 0.25) is 0 Å². The molecular formula is C17H16F4N6OS. The fourth-order valence-corrected chi connectivity index (χ4v) is 4.05. The highest BCUT2D eigenvalue weighted by atomic mass is 32.1. The number of hydrogen-bond acceptors (Lipinski definition) is 5. The molecule has 1 unspecified atom stereocenters. The minimum Gasteiger partial charge on any atom is -0.298 e. The summed E-state index contributed by atoms with van der Waals surface area (Å²) in [4.78, 5) is 17.9. The van der Waals surface area contributed by atoms with Crippen LogP contribution in [0.4, 0.5) is 33.0 Å². The molecule has 0 aliphatic carbocycles. The molecule has 4 rings (SSSR count). The van der Waals surface area contributed by atoms with Gasteiger partial charge in [-0.25, -0.2) is 18.7 Å². The van der Waals surface area contributed by atoms with E-state index in [-0.39, 0.29) is 27.7 Å². The van der Waals surface area contributed by atoms with Gasteiger partial charge in [0.25, 0.3) is 0 Å². The molecule has 2 atom stereocenters. The molecular weight excluding hydrogens is 412 g/mol. The predicted molar refractivity (Wildman–Crippen MR) is 99.1 cm³/mol. The first-order valence-electron chi connectivity index (χ1n) is 8.63. The van der Waals surface area contributed by atoms with Crippen LogP contribution in [0.5, 0.6) is 0 Å². The average molecular weight is 428 g/mol. The topological polar surface area (TPSA) is 75.4 Å². The molecule has 7 nitrogen and oxygen atoms in total. The van der Waals surface area contributed by atoms with Gasteiger partial charge in [0.1, 0.15) is 16.6 Å². The molecule has 29 heavy (non-hydrogen) atoms. The van der Waals surface area contributed by atoms with Crippen molar-refractivity contribution in [3.8, 4) is 0 Å². The maximum atomic E-state index is 14.0. The highest BCUT2D eigenvalue weighted by Crippen LogP contribution is 2.49. The number of carbonyl (C=O) groups is 1. The molecule has 0 saturated heterocycles. The maximum Gasteiger partial charge on any atom is 0.401 e. The number of rotatable bonds is 2. The summed E-state index contributed by atoms with van der Waals surface area (Å²) in [6.07, 6.45) is -4.71. The Hall–Kier alpha value is -2.76. The summed E-state index contributed by atoms with van der Waals surface area (Å²) in [6, 6.07) is 2.13. The summed E-state index contributed by atoms with van der Waals surface area (Å²) in [5.41, 5.74) is -1.56. The second kappa shape index (κ2) is 6.37. The Kier molecular flexibility index (Phi) is 4.30. The molecule has 0 fully saturated rings. The predicted octanol–water partition coefficient (Wildman–Crippen LogP) is 4.40. The fraction of sp³-hybridized carbons (Fsp3) is 0.412. The third-order valence-electron chi connectivity index (χ3n) is 4.91. The molecule has 154 valence electrons. The van der Waals surface area contributed by atoms with Crippen LogP contribution in [-0.4, -0.2) is 37.7 Å². The lowest BCUT2D eigenvalue weighted by Gasteiger charge is -2.28. The molecule has 0 aromatic carbocycles. The van der Waals surface area contributed by atoms with Crippen molar-refractivity contribution < 1.29 is 22.4 Å². The molecule has 0 saturated carbocycles. The molecule has 2 amide bonds. The highest BCUT2D eigenvalue weighted by Gasteiger charge is 2.60. The van der Waals surface area contributed by atoms with Crippen LogP contribution in [0.1, 0.15) is 37.1 Å². The lowest BCUT2D eigenvalue weighted by Crippen LogP contribution is -2.46. The van der Waals surface area contributed by atoms with Gasteiger partial charge in [0, 0.05) is 12.6 Å². The number of alkyl halides is 4. The van der Waals surface area contributed by atoms with Gasteiger partial charge < -0.3 is 0 Å². The second-order valence-electron chi connectivity index (χ2n) is 7.13. The smallest absolute Gasteiger partial charge is 0.298 e. The van der Waals surface area contributed by atoms with E-state index in [1.54, 1.807) is 13.0 Å². The van der Waals surface area contributed by atoms with Gasteiger partial charge in [0.15, 0.2) is 5.65 Å². The highest BCUT2D eigenvalue weighted by molar-refractivity contribution is 7.10. The van der Waals surface area contributed by atoms with E-state index < -0.39 is 30.3 Å². The number of aromatic nitrogens is 4. The van der Waals surface area contributed by atoms with Gasteiger partial charge in [-0.3, -0.25) is 10.2 Å². The zero-order chi connectivity index (χ0) is 21.1. The zero-order valence-electron chi connectivity index (χ0n) is 15.6. The number of anilines is 2. The van der Waals surface area contributed by atoms with Gasteiger partial charge in [-0.2, -0.15) is 22.6 Å². The summed E-state index contributed by atoms with van der Waals surface area (Å²) in [7, 11) is 0. The number of amides is 2. The number of hydrogen-bond donors (Lipinski definition) is 1. The van der Waals surface area contributed by atoms with E-state index in [0.29, 0.717) is 5.69 Å². The van der Waals surface area contributed by atoms with Crippen LogP contribution in [0, 0.1) is 6.92 Å². The second-order valence-corrected chi connectivity index (χ2v) is 7.93. The number of fused-ring (bicyclic) bond motifs is 3. The molecule has 12 heteroatoms. The molecule has 1 aliphatic heterocycles. The monoisotopic (exact) mass is 428 g/mol. The molecule has 1 N–H and O–H groups in total. The number of carbonyl (C=O) groups excluding carboxylic acids is 1. The normalized spacial score (nSPS) is 20.2. The minimum absolute atomic E-state index is 0.0153. The van der Waals surface area contributed by atoms with Crippen LogP contribution in [0.3, 0.4) is 0 Å². The van der Waals surface area contributed by atoms with E-state index >= 15 is 0 Å². The van der Waals surface area contributed by atoms with Crippen molar-refractivity contribution in [1.29, 1.82) is 0 Å². The van der Waals surface area contributed by atoms with Crippen LogP contribution >= 0.6 is 11.5 Å². The summed E-state index contributed by atoms with van der Waals surface area (Å²) >= 11 is 0.854. The Bertz CT molecular complexity index is 1110. The van der Waals surface area contributed by atoms with E-state index in [0.717, 1.165) is 27.9 Å². The zero-order valence-corrected chi connectivity index (χ0v) is 16.4. The van der Waals surface area contributed by atoms with Crippen molar-refractivity contribution in [2.75, 3.05) is 16.8 Å². The quantitative estimate of drug-likeness (QED) is 0.614. The van der Waals surface area contributed by atoms with E-state index in [2.05, 4.69) is 19.8 Å².